The fourth-order valence-electron chi connectivity index (χ4n) is 7.08. The first kappa shape index (κ1) is 35.1. The van der Waals surface area contributed by atoms with E-state index in [1.54, 1.807) is 6.92 Å². The second kappa shape index (κ2) is 17.3. The number of likely N-dealkylation sites (N-methyl/N-ethyl adjacent to an activating group) is 1. The van der Waals surface area contributed by atoms with Gasteiger partial charge in [-0.2, -0.15) is 0 Å². The third-order valence-corrected chi connectivity index (χ3v) is 9.80. The molecule has 0 spiro atoms. The molecule has 5 nitrogen and oxygen atoms in total. The van der Waals surface area contributed by atoms with Crippen LogP contribution in [0.4, 0.5) is 0 Å². The highest BCUT2D eigenvalue weighted by molar-refractivity contribution is 5.75. The molecule has 0 fully saturated rings. The van der Waals surface area contributed by atoms with Gasteiger partial charge in [0.2, 0.25) is 0 Å². The van der Waals surface area contributed by atoms with E-state index in [0.717, 1.165) is 50.0 Å². The molecule has 0 N–H and O–H groups in total. The lowest BCUT2D eigenvalue weighted by atomic mass is 9.90. The average molecular weight is 668 g/mol. The van der Waals surface area contributed by atoms with E-state index in [-0.39, 0.29) is 12.0 Å². The molecule has 6 rings (SSSR count). The van der Waals surface area contributed by atoms with Crippen molar-refractivity contribution in [3.05, 3.63) is 171 Å². The summed E-state index contributed by atoms with van der Waals surface area (Å²) in [5, 5.41) is 0. The second-order valence-corrected chi connectivity index (χ2v) is 13.3. The predicted molar refractivity (Wildman–Crippen MR) is 201 cm³/mol. The van der Waals surface area contributed by atoms with Crippen LogP contribution in [-0.4, -0.2) is 50.9 Å². The fourth-order valence-corrected chi connectivity index (χ4v) is 7.08. The molecule has 0 saturated carbocycles. The summed E-state index contributed by atoms with van der Waals surface area (Å²) in [6.07, 6.45) is 4.88. The third kappa shape index (κ3) is 9.09. The van der Waals surface area contributed by atoms with Crippen LogP contribution in [0.25, 0.3) is 0 Å². The van der Waals surface area contributed by atoms with Crippen LogP contribution in [0.15, 0.2) is 121 Å². The summed E-state index contributed by atoms with van der Waals surface area (Å²) in [4.78, 5) is 14.6. The highest BCUT2D eigenvalue weighted by Crippen LogP contribution is 2.37. The van der Waals surface area contributed by atoms with Gasteiger partial charge >= 0.3 is 5.97 Å². The lowest BCUT2D eigenvalue weighted by molar-refractivity contribution is -0.154. The zero-order valence-electron chi connectivity index (χ0n) is 29.6. The van der Waals surface area contributed by atoms with E-state index < -0.39 is 6.10 Å². The standard InChI is InChI=1S/C45H49NO4/c1-4-49-45(47)43(48-3)32-36-18-24-40(25-19-36)50-28-27-46(2)44-41-26-20-37(29-34-13-9-6-10-14-34)30-39(41)23-22-38-21-17-35(31-42(38)44)16-15-33-11-7-5-8-12-33/h5-14,17-21,24-26,30-31,43-44H,4,15-16,22-23,27-29,32H2,1-3H3. The molecule has 5 aromatic carbocycles. The molecular weight excluding hydrogens is 618 g/mol. The Morgan fingerprint density at radius 1 is 0.720 bits per heavy atom. The van der Waals surface area contributed by atoms with Crippen LogP contribution in [0.1, 0.15) is 63.0 Å². The third-order valence-electron chi connectivity index (χ3n) is 9.80. The van der Waals surface area contributed by atoms with Crippen LogP contribution in [0.2, 0.25) is 0 Å². The van der Waals surface area contributed by atoms with Crippen molar-refractivity contribution in [3.8, 4) is 5.75 Å². The van der Waals surface area contributed by atoms with Gasteiger partial charge in [-0.3, -0.25) is 4.90 Å². The van der Waals surface area contributed by atoms with Crippen LogP contribution in [0, 0.1) is 0 Å². The number of methoxy groups -OCH3 is 1. The van der Waals surface area contributed by atoms with Gasteiger partial charge in [0.05, 0.1) is 12.6 Å². The molecule has 1 aliphatic carbocycles. The van der Waals surface area contributed by atoms with E-state index in [4.69, 9.17) is 14.2 Å². The fraction of sp³-hybridized carbons (Fsp3) is 0.311. The van der Waals surface area contributed by atoms with Crippen molar-refractivity contribution < 1.29 is 19.0 Å². The Balaban J connectivity index is 1.19. The number of nitrogens with zero attached hydrogens (tertiary/aromatic N) is 1. The quantitative estimate of drug-likeness (QED) is 0.105. The van der Waals surface area contributed by atoms with E-state index in [2.05, 4.69) is 109 Å². The van der Waals surface area contributed by atoms with E-state index in [1.165, 1.54) is 51.6 Å². The Labute approximate surface area is 297 Å². The molecule has 2 unspecified atom stereocenters. The number of ether oxygens (including phenoxy) is 3. The maximum atomic E-state index is 12.2. The lowest BCUT2D eigenvalue weighted by Gasteiger charge is -2.31. The number of carbonyl (C=O) groups is 1. The number of esters is 1. The monoisotopic (exact) mass is 667 g/mol. The predicted octanol–water partition coefficient (Wildman–Crippen LogP) is 8.38. The number of benzene rings is 5. The zero-order valence-corrected chi connectivity index (χ0v) is 29.6. The van der Waals surface area contributed by atoms with Crippen LogP contribution in [0.5, 0.6) is 5.75 Å². The highest BCUT2D eigenvalue weighted by atomic mass is 16.6. The molecule has 0 aliphatic heterocycles. The Kier molecular flexibility index (Phi) is 12.1. The molecule has 258 valence electrons. The largest absolute Gasteiger partial charge is 0.492 e. The summed E-state index contributed by atoms with van der Waals surface area (Å²) in [7, 11) is 3.76. The van der Waals surface area contributed by atoms with Gasteiger partial charge < -0.3 is 14.2 Å². The molecular formula is C45H49NO4. The SMILES string of the molecule is CCOC(=O)C(Cc1ccc(OCCN(C)C2c3ccc(Cc4ccccc4)cc3CCc3ccc(CCc4ccccc4)cc32)cc1)OC. The number of carbonyl (C=O) groups excluding carboxylic acids is 1. The molecule has 0 amide bonds. The first-order chi connectivity index (χ1) is 24.5. The van der Waals surface area contributed by atoms with Gasteiger partial charge in [-0.25, -0.2) is 4.79 Å². The van der Waals surface area contributed by atoms with Crippen molar-refractivity contribution in [2.45, 2.75) is 57.6 Å². The van der Waals surface area contributed by atoms with Gasteiger partial charge in [-0.05, 0) is 108 Å². The van der Waals surface area contributed by atoms with Gasteiger partial charge in [0, 0.05) is 20.1 Å². The van der Waals surface area contributed by atoms with Crippen molar-refractivity contribution in [2.24, 2.45) is 0 Å². The summed E-state index contributed by atoms with van der Waals surface area (Å²) < 4.78 is 16.8. The Morgan fingerprint density at radius 2 is 1.38 bits per heavy atom. The van der Waals surface area contributed by atoms with E-state index in [9.17, 15) is 4.79 Å². The summed E-state index contributed by atoms with van der Waals surface area (Å²) >= 11 is 0. The smallest absolute Gasteiger partial charge is 0.335 e. The van der Waals surface area contributed by atoms with Crippen LogP contribution in [0.3, 0.4) is 0 Å². The van der Waals surface area contributed by atoms with Gasteiger partial charge in [-0.15, -0.1) is 0 Å². The number of aryl methyl sites for hydroxylation is 4. The van der Waals surface area contributed by atoms with E-state index in [1.807, 2.05) is 24.3 Å². The maximum absolute atomic E-state index is 12.2. The van der Waals surface area contributed by atoms with Gasteiger partial charge in [0.1, 0.15) is 12.4 Å². The molecule has 0 bridgehead atoms. The Bertz CT molecular complexity index is 1820. The average Bonchev–Trinajstić information content (AvgIpc) is 3.30. The van der Waals surface area contributed by atoms with Crippen molar-refractivity contribution in [2.75, 3.05) is 33.9 Å². The Hall–Kier alpha value is -4.71. The summed E-state index contributed by atoms with van der Waals surface area (Å²) in [6.45, 7) is 3.46. The number of rotatable bonds is 15. The van der Waals surface area contributed by atoms with Crippen molar-refractivity contribution >= 4 is 5.97 Å². The molecule has 2 atom stereocenters. The maximum Gasteiger partial charge on any atom is 0.335 e. The van der Waals surface area contributed by atoms with Crippen molar-refractivity contribution in [1.29, 1.82) is 0 Å². The normalized spacial score (nSPS) is 14.4. The minimum absolute atomic E-state index is 0.129. The summed E-state index contributed by atoms with van der Waals surface area (Å²) in [5.74, 6) is 0.471. The molecule has 0 saturated heterocycles. The molecule has 1 aliphatic rings. The van der Waals surface area contributed by atoms with Crippen LogP contribution in [-0.2, 0) is 52.8 Å². The Morgan fingerprint density at radius 3 is 2.10 bits per heavy atom. The molecule has 5 heteroatoms. The first-order valence-corrected chi connectivity index (χ1v) is 17.9. The second-order valence-electron chi connectivity index (χ2n) is 13.3. The minimum atomic E-state index is -0.617. The van der Waals surface area contributed by atoms with E-state index in [0.29, 0.717) is 19.6 Å². The topological polar surface area (TPSA) is 48.0 Å². The lowest BCUT2D eigenvalue weighted by Crippen LogP contribution is -2.30. The number of hydrogen-bond donors (Lipinski definition) is 0. The molecule has 0 radical (unpaired) electrons. The first-order valence-electron chi connectivity index (χ1n) is 17.9. The molecule has 0 aromatic heterocycles. The molecule has 50 heavy (non-hydrogen) atoms. The van der Waals surface area contributed by atoms with Crippen molar-refractivity contribution in [1.82, 2.24) is 4.90 Å². The minimum Gasteiger partial charge on any atom is -0.492 e. The van der Waals surface area contributed by atoms with Crippen LogP contribution >= 0.6 is 0 Å². The highest BCUT2D eigenvalue weighted by Gasteiger charge is 2.28. The summed E-state index contributed by atoms with van der Waals surface area (Å²) in [6, 6.07) is 43.9. The molecule has 5 aromatic rings. The zero-order chi connectivity index (χ0) is 34.7. The van der Waals surface area contributed by atoms with E-state index >= 15 is 0 Å². The van der Waals surface area contributed by atoms with Gasteiger partial charge in [-0.1, -0.05) is 109 Å². The van der Waals surface area contributed by atoms with Gasteiger partial charge in [0.25, 0.3) is 0 Å². The summed E-state index contributed by atoms with van der Waals surface area (Å²) in [5.41, 5.74) is 12.1. The molecule has 0 heterocycles. The van der Waals surface area contributed by atoms with Gasteiger partial charge in [0.15, 0.2) is 6.10 Å². The van der Waals surface area contributed by atoms with Crippen molar-refractivity contribution in [3.63, 3.8) is 0 Å². The van der Waals surface area contributed by atoms with Crippen LogP contribution < -0.4 is 4.74 Å². The number of hydrogen-bond acceptors (Lipinski definition) is 5. The number of fused-ring (bicyclic) bond motifs is 2.